The maximum atomic E-state index is 11.9. The van der Waals surface area contributed by atoms with Crippen LogP contribution in [0.4, 0.5) is 0 Å². The molecule has 0 atom stereocenters. The fraction of sp³-hybridized carbons (Fsp3) is 0.412. The lowest BCUT2D eigenvalue weighted by atomic mass is 9.95. The fourth-order valence-corrected chi connectivity index (χ4v) is 3.20. The molecule has 0 aliphatic heterocycles. The van der Waals surface area contributed by atoms with Gasteiger partial charge in [0.05, 0.1) is 11.7 Å². The largest absolute Gasteiger partial charge is 0.354 e. The quantitative estimate of drug-likeness (QED) is 0.927. The highest BCUT2D eigenvalue weighted by atomic mass is 35.5. The number of aromatic nitrogens is 2. The number of nitrogens with zero attached hydrogens (tertiary/aromatic N) is 2. The Hall–Kier alpha value is -1.81. The molecule has 1 N–H and O–H groups in total. The van der Waals surface area contributed by atoms with E-state index in [1.807, 2.05) is 35.0 Å². The number of rotatable bonds is 3. The molecule has 2 aromatic rings. The summed E-state index contributed by atoms with van der Waals surface area (Å²) in [5.74, 6) is -0.148. The number of benzene rings is 1. The van der Waals surface area contributed by atoms with E-state index in [0.29, 0.717) is 16.8 Å². The topological polar surface area (TPSA) is 46.9 Å². The summed E-state index contributed by atoms with van der Waals surface area (Å²) >= 11 is 5.98. The van der Waals surface area contributed by atoms with E-state index in [9.17, 15) is 4.79 Å². The van der Waals surface area contributed by atoms with Crippen LogP contribution in [-0.2, 0) is 0 Å². The third kappa shape index (κ3) is 3.02. The van der Waals surface area contributed by atoms with Gasteiger partial charge in [-0.3, -0.25) is 9.48 Å². The van der Waals surface area contributed by atoms with Crippen molar-refractivity contribution >= 4 is 17.5 Å². The van der Waals surface area contributed by atoms with Gasteiger partial charge in [0.2, 0.25) is 0 Å². The third-order valence-electron chi connectivity index (χ3n) is 4.26. The van der Waals surface area contributed by atoms with Gasteiger partial charge in [0.1, 0.15) is 0 Å². The summed E-state index contributed by atoms with van der Waals surface area (Å²) in [5, 5.41) is 7.93. The smallest absolute Gasteiger partial charge is 0.271 e. The van der Waals surface area contributed by atoms with E-state index in [-0.39, 0.29) is 5.91 Å². The van der Waals surface area contributed by atoms with Gasteiger partial charge >= 0.3 is 0 Å². The third-order valence-corrected chi connectivity index (χ3v) is 4.51. The molecule has 1 aromatic carbocycles. The molecule has 0 bridgehead atoms. The summed E-state index contributed by atoms with van der Waals surface area (Å²) in [6, 6.07) is 9.94. The Kier molecular flexibility index (Phi) is 4.48. The summed E-state index contributed by atoms with van der Waals surface area (Å²) in [5.41, 5.74) is 2.50. The van der Waals surface area contributed by atoms with Crippen LogP contribution in [0.3, 0.4) is 0 Å². The van der Waals surface area contributed by atoms with Crippen LogP contribution in [0.25, 0.3) is 11.3 Å². The number of carbonyl (C=O) groups excluding carboxylic acids is 1. The van der Waals surface area contributed by atoms with Gasteiger partial charge in [0.25, 0.3) is 5.91 Å². The average Bonchev–Trinajstić information content (AvgIpc) is 3.01. The zero-order chi connectivity index (χ0) is 15.5. The molecule has 3 rings (SSSR count). The molecule has 1 fully saturated rings. The van der Waals surface area contributed by atoms with Crippen molar-refractivity contribution in [2.75, 3.05) is 7.05 Å². The molecule has 1 heterocycles. The lowest BCUT2D eigenvalue weighted by molar-refractivity contribution is 0.0956. The van der Waals surface area contributed by atoms with Crippen molar-refractivity contribution in [3.63, 3.8) is 0 Å². The van der Waals surface area contributed by atoms with Crippen molar-refractivity contribution in [1.82, 2.24) is 15.1 Å². The Balaban J connectivity index is 2.03. The van der Waals surface area contributed by atoms with Crippen LogP contribution in [0.5, 0.6) is 0 Å². The first-order chi connectivity index (χ1) is 10.7. The zero-order valence-corrected chi connectivity index (χ0v) is 13.4. The standard InChI is InChI=1S/C17H20ClN3O/c1-19-17(22)15-11-16(12-7-9-13(18)10-8-12)21(20-15)14-5-3-2-4-6-14/h7-11,14H,2-6H2,1H3,(H,19,22). The second kappa shape index (κ2) is 6.53. The van der Waals surface area contributed by atoms with E-state index < -0.39 is 0 Å². The molecule has 1 aromatic heterocycles. The Labute approximate surface area is 135 Å². The normalized spacial score (nSPS) is 15.7. The molecule has 1 saturated carbocycles. The van der Waals surface area contributed by atoms with Crippen molar-refractivity contribution in [2.24, 2.45) is 0 Å². The number of halogens is 1. The van der Waals surface area contributed by atoms with Crippen LogP contribution in [0, 0.1) is 0 Å². The van der Waals surface area contributed by atoms with E-state index in [4.69, 9.17) is 11.6 Å². The molecule has 0 unspecified atom stereocenters. The maximum Gasteiger partial charge on any atom is 0.271 e. The highest BCUT2D eigenvalue weighted by Gasteiger charge is 2.22. The number of hydrogen-bond donors (Lipinski definition) is 1. The first-order valence-electron chi connectivity index (χ1n) is 7.76. The molecular formula is C17H20ClN3O. The summed E-state index contributed by atoms with van der Waals surface area (Å²) in [6.45, 7) is 0. The van der Waals surface area contributed by atoms with Crippen LogP contribution in [0.1, 0.15) is 48.6 Å². The average molecular weight is 318 g/mol. The van der Waals surface area contributed by atoms with Gasteiger partial charge in [-0.1, -0.05) is 43.0 Å². The fourth-order valence-electron chi connectivity index (χ4n) is 3.07. The van der Waals surface area contributed by atoms with E-state index in [0.717, 1.165) is 24.1 Å². The van der Waals surface area contributed by atoms with Crippen molar-refractivity contribution in [3.05, 3.63) is 41.0 Å². The van der Waals surface area contributed by atoms with Gasteiger partial charge < -0.3 is 5.32 Å². The van der Waals surface area contributed by atoms with Crippen LogP contribution < -0.4 is 5.32 Å². The lowest BCUT2D eigenvalue weighted by Gasteiger charge is -2.24. The van der Waals surface area contributed by atoms with Crippen LogP contribution >= 0.6 is 11.6 Å². The molecule has 1 amide bonds. The Morgan fingerprint density at radius 2 is 1.91 bits per heavy atom. The molecule has 116 valence electrons. The van der Waals surface area contributed by atoms with Crippen LogP contribution in [-0.4, -0.2) is 22.7 Å². The van der Waals surface area contributed by atoms with Gasteiger partial charge in [0.15, 0.2) is 5.69 Å². The highest BCUT2D eigenvalue weighted by molar-refractivity contribution is 6.30. The molecule has 0 saturated heterocycles. The minimum absolute atomic E-state index is 0.148. The number of hydrogen-bond acceptors (Lipinski definition) is 2. The molecule has 0 radical (unpaired) electrons. The molecule has 0 spiro atoms. The van der Waals surface area contributed by atoms with E-state index in [2.05, 4.69) is 10.4 Å². The molecule has 4 nitrogen and oxygen atoms in total. The minimum atomic E-state index is -0.148. The van der Waals surface area contributed by atoms with E-state index >= 15 is 0 Å². The van der Waals surface area contributed by atoms with Gasteiger partial charge in [-0.05, 0) is 36.6 Å². The van der Waals surface area contributed by atoms with E-state index in [1.54, 1.807) is 7.05 Å². The Morgan fingerprint density at radius 3 is 2.55 bits per heavy atom. The first-order valence-corrected chi connectivity index (χ1v) is 8.14. The summed E-state index contributed by atoms with van der Waals surface area (Å²) in [4.78, 5) is 11.9. The van der Waals surface area contributed by atoms with Gasteiger partial charge in [-0.25, -0.2) is 0 Å². The van der Waals surface area contributed by atoms with Crippen LogP contribution in [0.15, 0.2) is 30.3 Å². The monoisotopic (exact) mass is 317 g/mol. The van der Waals surface area contributed by atoms with Crippen molar-refractivity contribution in [3.8, 4) is 11.3 Å². The molecule has 1 aliphatic rings. The molecule has 1 aliphatic carbocycles. The lowest BCUT2D eigenvalue weighted by Crippen LogP contribution is -2.20. The number of amides is 1. The van der Waals surface area contributed by atoms with Crippen LogP contribution in [0.2, 0.25) is 5.02 Å². The predicted molar refractivity (Wildman–Crippen MR) is 88.2 cm³/mol. The molecule has 22 heavy (non-hydrogen) atoms. The summed E-state index contributed by atoms with van der Waals surface area (Å²) < 4.78 is 2.03. The summed E-state index contributed by atoms with van der Waals surface area (Å²) in [6.07, 6.45) is 5.97. The molecule has 5 heteroatoms. The second-order valence-electron chi connectivity index (χ2n) is 5.74. The second-order valence-corrected chi connectivity index (χ2v) is 6.17. The highest BCUT2D eigenvalue weighted by Crippen LogP contribution is 2.33. The van der Waals surface area contributed by atoms with Crippen molar-refractivity contribution < 1.29 is 4.79 Å². The minimum Gasteiger partial charge on any atom is -0.354 e. The zero-order valence-electron chi connectivity index (χ0n) is 12.7. The predicted octanol–water partition coefficient (Wildman–Crippen LogP) is 4.07. The Morgan fingerprint density at radius 1 is 1.23 bits per heavy atom. The number of carbonyl (C=O) groups is 1. The Bertz CT molecular complexity index is 657. The SMILES string of the molecule is CNC(=O)c1cc(-c2ccc(Cl)cc2)n(C2CCCCC2)n1. The van der Waals surface area contributed by atoms with Gasteiger partial charge in [-0.2, -0.15) is 5.10 Å². The van der Waals surface area contributed by atoms with Gasteiger partial charge in [-0.15, -0.1) is 0 Å². The number of nitrogens with one attached hydrogen (secondary N) is 1. The van der Waals surface area contributed by atoms with Crippen molar-refractivity contribution in [1.29, 1.82) is 0 Å². The first kappa shape index (κ1) is 15.1. The van der Waals surface area contributed by atoms with E-state index in [1.165, 1.54) is 19.3 Å². The molecular weight excluding hydrogens is 298 g/mol. The summed E-state index contributed by atoms with van der Waals surface area (Å²) in [7, 11) is 1.63. The van der Waals surface area contributed by atoms with Crippen molar-refractivity contribution in [2.45, 2.75) is 38.1 Å². The maximum absolute atomic E-state index is 11.9. The van der Waals surface area contributed by atoms with Gasteiger partial charge in [0, 0.05) is 12.1 Å².